The standard InChI is InChI=1S/C23H30N8O3S/c1-5-7-13-25-35(33,34)17-10-8-16(9-11-17)26-23-24-15-19-21(27-23)31(20-12-14-29(3)28-20)18(6-2)22(32)30(19)4/h8-12,14-15,18,25H,5-7,13H2,1-4H3,(H,24,26,27). The number of carbonyl (C=O) groups is 1. The van der Waals surface area contributed by atoms with Crippen molar-refractivity contribution in [3.8, 4) is 0 Å². The Labute approximate surface area is 205 Å². The molecule has 0 bridgehead atoms. The van der Waals surface area contributed by atoms with Crippen molar-refractivity contribution < 1.29 is 13.2 Å². The van der Waals surface area contributed by atoms with Crippen LogP contribution in [0, 0.1) is 0 Å². The first-order chi connectivity index (χ1) is 16.7. The second-order valence-electron chi connectivity index (χ2n) is 8.34. The molecule has 186 valence electrons. The summed E-state index contributed by atoms with van der Waals surface area (Å²) in [6, 6.07) is 7.79. The average Bonchev–Trinajstić information content (AvgIpc) is 3.27. The minimum atomic E-state index is -3.55. The minimum absolute atomic E-state index is 0.0562. The summed E-state index contributed by atoms with van der Waals surface area (Å²) in [6.07, 6.45) is 5.68. The fraction of sp³-hybridized carbons (Fsp3) is 0.391. The molecule has 4 rings (SSSR count). The summed E-state index contributed by atoms with van der Waals surface area (Å²) in [5.41, 5.74) is 1.21. The number of aryl methyl sites for hydroxylation is 1. The number of amides is 1. The Hall–Kier alpha value is -3.51. The van der Waals surface area contributed by atoms with Crippen LogP contribution in [0.5, 0.6) is 0 Å². The van der Waals surface area contributed by atoms with Gasteiger partial charge in [-0.25, -0.2) is 18.1 Å². The number of fused-ring (bicyclic) bond motifs is 1. The molecule has 1 aliphatic rings. The van der Waals surface area contributed by atoms with Gasteiger partial charge in [0.25, 0.3) is 0 Å². The van der Waals surface area contributed by atoms with Crippen molar-refractivity contribution in [3.63, 3.8) is 0 Å². The molecule has 0 radical (unpaired) electrons. The Morgan fingerprint density at radius 3 is 2.46 bits per heavy atom. The fourth-order valence-corrected chi connectivity index (χ4v) is 4.98. The van der Waals surface area contributed by atoms with Crippen molar-refractivity contribution in [2.75, 3.05) is 28.7 Å². The normalized spacial score (nSPS) is 15.9. The van der Waals surface area contributed by atoms with Crippen LogP contribution >= 0.6 is 0 Å². The molecule has 0 fully saturated rings. The Bertz CT molecular complexity index is 1310. The summed E-state index contributed by atoms with van der Waals surface area (Å²) < 4.78 is 29.1. The van der Waals surface area contributed by atoms with Gasteiger partial charge in [-0.2, -0.15) is 10.1 Å². The van der Waals surface area contributed by atoms with Gasteiger partial charge in [-0.05, 0) is 37.1 Å². The first kappa shape index (κ1) is 24.6. The molecule has 35 heavy (non-hydrogen) atoms. The van der Waals surface area contributed by atoms with Gasteiger partial charge in [-0.15, -0.1) is 0 Å². The third-order valence-electron chi connectivity index (χ3n) is 5.84. The van der Waals surface area contributed by atoms with E-state index in [9.17, 15) is 13.2 Å². The molecule has 1 aromatic carbocycles. The predicted octanol–water partition coefficient (Wildman–Crippen LogP) is 2.93. The number of rotatable bonds is 9. The Morgan fingerprint density at radius 1 is 1.09 bits per heavy atom. The van der Waals surface area contributed by atoms with E-state index in [2.05, 4.69) is 20.1 Å². The summed E-state index contributed by atoms with van der Waals surface area (Å²) >= 11 is 0. The molecule has 0 spiro atoms. The number of likely N-dealkylation sites (N-methyl/N-ethyl adjacent to an activating group) is 1. The van der Waals surface area contributed by atoms with Gasteiger partial charge in [-0.3, -0.25) is 14.4 Å². The molecule has 3 aromatic rings. The molecule has 1 aliphatic heterocycles. The smallest absolute Gasteiger partial charge is 0.250 e. The highest BCUT2D eigenvalue weighted by Crippen LogP contribution is 2.39. The van der Waals surface area contributed by atoms with E-state index < -0.39 is 16.1 Å². The van der Waals surface area contributed by atoms with Crippen molar-refractivity contribution >= 4 is 44.9 Å². The highest BCUT2D eigenvalue weighted by atomic mass is 32.2. The van der Waals surface area contributed by atoms with Gasteiger partial charge in [0.05, 0.1) is 11.1 Å². The van der Waals surface area contributed by atoms with Crippen LogP contribution in [0.15, 0.2) is 47.6 Å². The maximum atomic E-state index is 13.0. The first-order valence-corrected chi connectivity index (χ1v) is 13.0. The minimum Gasteiger partial charge on any atom is -0.324 e. The lowest BCUT2D eigenvalue weighted by Gasteiger charge is -2.39. The van der Waals surface area contributed by atoms with Gasteiger partial charge in [0.2, 0.25) is 21.9 Å². The fourth-order valence-electron chi connectivity index (χ4n) is 3.91. The second-order valence-corrected chi connectivity index (χ2v) is 10.1. The molecule has 0 saturated carbocycles. The molecular weight excluding hydrogens is 468 g/mol. The summed E-state index contributed by atoms with van der Waals surface area (Å²) in [7, 11) is -0.0217. The first-order valence-electron chi connectivity index (χ1n) is 11.6. The highest BCUT2D eigenvalue weighted by molar-refractivity contribution is 7.89. The van der Waals surface area contributed by atoms with Crippen LogP contribution in [-0.4, -0.2) is 53.7 Å². The number of nitrogens with one attached hydrogen (secondary N) is 2. The van der Waals surface area contributed by atoms with Crippen molar-refractivity contribution in [1.82, 2.24) is 24.5 Å². The molecule has 1 atom stereocenters. The number of carbonyl (C=O) groups excluding carboxylic acids is 1. The summed E-state index contributed by atoms with van der Waals surface area (Å²) in [5, 5.41) is 7.62. The second kappa shape index (κ2) is 10.0. The Morgan fingerprint density at radius 2 is 1.83 bits per heavy atom. The third kappa shape index (κ3) is 4.98. The lowest BCUT2D eigenvalue weighted by Crippen LogP contribution is -2.50. The van der Waals surface area contributed by atoms with Crippen LogP contribution < -0.4 is 19.8 Å². The molecule has 12 heteroatoms. The van der Waals surface area contributed by atoms with E-state index in [1.807, 2.05) is 38.1 Å². The van der Waals surface area contributed by atoms with Crippen LogP contribution in [-0.2, 0) is 21.9 Å². The highest BCUT2D eigenvalue weighted by Gasteiger charge is 2.39. The lowest BCUT2D eigenvalue weighted by molar-refractivity contribution is -0.119. The van der Waals surface area contributed by atoms with E-state index in [0.717, 1.165) is 12.8 Å². The van der Waals surface area contributed by atoms with Gasteiger partial charge < -0.3 is 10.2 Å². The summed E-state index contributed by atoms with van der Waals surface area (Å²) in [6.45, 7) is 4.36. The zero-order chi connectivity index (χ0) is 25.2. The maximum absolute atomic E-state index is 13.0. The molecule has 11 nitrogen and oxygen atoms in total. The molecule has 2 N–H and O–H groups in total. The quantitative estimate of drug-likeness (QED) is 0.432. The van der Waals surface area contributed by atoms with Crippen LogP contribution in [0.3, 0.4) is 0 Å². The largest absolute Gasteiger partial charge is 0.324 e. The van der Waals surface area contributed by atoms with Gasteiger partial charge in [0.1, 0.15) is 11.7 Å². The Balaban J connectivity index is 1.62. The van der Waals surface area contributed by atoms with Crippen LogP contribution in [0.4, 0.5) is 29.0 Å². The number of anilines is 5. The molecule has 0 saturated heterocycles. The molecule has 2 aromatic heterocycles. The number of sulfonamides is 1. The molecule has 1 unspecified atom stereocenters. The average molecular weight is 499 g/mol. The number of unbranched alkanes of at least 4 members (excludes halogenated alkanes) is 1. The molecule has 3 heterocycles. The zero-order valence-corrected chi connectivity index (χ0v) is 21.1. The van der Waals surface area contributed by atoms with Crippen LogP contribution in [0.25, 0.3) is 0 Å². The van der Waals surface area contributed by atoms with E-state index in [-0.39, 0.29) is 10.8 Å². The topological polar surface area (TPSA) is 125 Å². The third-order valence-corrected chi connectivity index (χ3v) is 7.32. The molecule has 0 aliphatic carbocycles. The van der Waals surface area contributed by atoms with Crippen molar-refractivity contribution in [3.05, 3.63) is 42.7 Å². The number of hydrogen-bond acceptors (Lipinski definition) is 8. The van der Waals surface area contributed by atoms with Gasteiger partial charge in [-0.1, -0.05) is 20.3 Å². The zero-order valence-electron chi connectivity index (χ0n) is 20.3. The van der Waals surface area contributed by atoms with E-state index in [1.165, 1.54) is 12.1 Å². The number of hydrogen-bond donors (Lipinski definition) is 2. The maximum Gasteiger partial charge on any atom is 0.250 e. The SMILES string of the molecule is CCCCNS(=O)(=O)c1ccc(Nc2ncc3c(n2)N(c2ccn(C)n2)C(CC)C(=O)N3C)cc1. The van der Waals surface area contributed by atoms with E-state index in [0.29, 0.717) is 41.9 Å². The lowest BCUT2D eigenvalue weighted by atomic mass is 10.1. The van der Waals surface area contributed by atoms with E-state index in [1.54, 1.807) is 35.0 Å². The van der Waals surface area contributed by atoms with E-state index in [4.69, 9.17) is 4.98 Å². The monoisotopic (exact) mass is 498 g/mol. The number of aromatic nitrogens is 4. The number of benzene rings is 1. The van der Waals surface area contributed by atoms with Gasteiger partial charge >= 0.3 is 0 Å². The van der Waals surface area contributed by atoms with Gasteiger partial charge in [0.15, 0.2) is 11.6 Å². The van der Waals surface area contributed by atoms with Crippen molar-refractivity contribution in [2.45, 2.75) is 44.0 Å². The Kier molecular flexibility index (Phi) is 7.03. The van der Waals surface area contributed by atoms with Crippen LogP contribution in [0.1, 0.15) is 33.1 Å². The van der Waals surface area contributed by atoms with Crippen molar-refractivity contribution in [1.29, 1.82) is 0 Å². The number of nitrogens with zero attached hydrogens (tertiary/aromatic N) is 6. The van der Waals surface area contributed by atoms with Crippen molar-refractivity contribution in [2.24, 2.45) is 7.05 Å². The molecule has 1 amide bonds. The summed E-state index contributed by atoms with van der Waals surface area (Å²) in [5.74, 6) is 1.45. The van der Waals surface area contributed by atoms with Gasteiger partial charge in [0, 0.05) is 38.6 Å². The van der Waals surface area contributed by atoms with Crippen LogP contribution in [0.2, 0.25) is 0 Å². The summed E-state index contributed by atoms with van der Waals surface area (Å²) in [4.78, 5) is 25.7. The predicted molar refractivity (Wildman–Crippen MR) is 135 cm³/mol. The van der Waals surface area contributed by atoms with E-state index >= 15 is 0 Å². The molecular formula is C23H30N8O3S.